The third-order valence-electron chi connectivity index (χ3n) is 3.42. The van der Waals surface area contributed by atoms with Gasteiger partial charge in [0.05, 0.1) is 5.57 Å². The van der Waals surface area contributed by atoms with Crippen LogP contribution in [-0.2, 0) is 0 Å². The third-order valence-corrected chi connectivity index (χ3v) is 3.72. The van der Waals surface area contributed by atoms with Crippen molar-refractivity contribution in [3.8, 4) is 12.1 Å². The number of dihydropyridines is 1. The molecule has 1 fully saturated rings. The zero-order valence-corrected chi connectivity index (χ0v) is 10.3. The van der Waals surface area contributed by atoms with E-state index in [2.05, 4.69) is 11.4 Å². The van der Waals surface area contributed by atoms with Gasteiger partial charge < -0.3 is 5.32 Å². The first-order chi connectivity index (χ1) is 8.27. The molecule has 0 amide bonds. The second kappa shape index (κ2) is 5.25. The van der Waals surface area contributed by atoms with Gasteiger partial charge in [-0.25, -0.2) is 0 Å². The van der Waals surface area contributed by atoms with Gasteiger partial charge in [-0.2, -0.15) is 10.5 Å². The summed E-state index contributed by atoms with van der Waals surface area (Å²) in [5.74, 6) is 0. The van der Waals surface area contributed by atoms with Crippen LogP contribution < -0.4 is 5.32 Å². The Kier molecular flexibility index (Phi) is 3.71. The van der Waals surface area contributed by atoms with E-state index in [0.717, 1.165) is 31.3 Å². The van der Waals surface area contributed by atoms with Crippen molar-refractivity contribution in [2.24, 2.45) is 0 Å². The lowest BCUT2D eigenvalue weighted by Gasteiger charge is -2.29. The summed E-state index contributed by atoms with van der Waals surface area (Å²) in [6.45, 7) is 0. The predicted molar refractivity (Wildman–Crippen MR) is 65.8 cm³/mol. The normalized spacial score (nSPS) is 25.0. The summed E-state index contributed by atoms with van der Waals surface area (Å²) in [7, 11) is 0. The number of allylic oxidation sites excluding steroid dienone is 2. The Morgan fingerprint density at radius 3 is 2.47 bits per heavy atom. The predicted octanol–water partition coefficient (Wildman–Crippen LogP) is 3.11. The number of fused-ring (bicyclic) bond motifs is 1. The molecule has 0 bridgehead atoms. The highest BCUT2D eigenvalue weighted by atomic mass is 35.5. The molecule has 1 N–H and O–H groups in total. The van der Waals surface area contributed by atoms with Crippen LogP contribution in [0.3, 0.4) is 0 Å². The van der Waals surface area contributed by atoms with Gasteiger partial charge >= 0.3 is 0 Å². The van der Waals surface area contributed by atoms with Crippen LogP contribution in [0.4, 0.5) is 0 Å². The monoisotopic (exact) mass is 247 g/mol. The minimum absolute atomic E-state index is 0.148. The van der Waals surface area contributed by atoms with Crippen LogP contribution in [0.5, 0.6) is 0 Å². The molecule has 2 rings (SSSR count). The topological polar surface area (TPSA) is 59.6 Å². The van der Waals surface area contributed by atoms with Crippen molar-refractivity contribution < 1.29 is 0 Å². The van der Waals surface area contributed by atoms with Crippen molar-refractivity contribution in [3.05, 3.63) is 21.9 Å². The summed E-state index contributed by atoms with van der Waals surface area (Å²) >= 11 is 6.03. The molecule has 0 saturated heterocycles. The molecule has 3 nitrogen and oxygen atoms in total. The van der Waals surface area contributed by atoms with Crippen molar-refractivity contribution in [2.45, 2.75) is 44.6 Å². The van der Waals surface area contributed by atoms with Gasteiger partial charge in [0, 0.05) is 6.04 Å². The number of hydrogen-bond donors (Lipinski definition) is 1. The molecule has 4 heteroatoms. The molecule has 1 atom stereocenters. The molecule has 0 aromatic carbocycles. The Morgan fingerprint density at radius 2 is 1.76 bits per heavy atom. The van der Waals surface area contributed by atoms with Gasteiger partial charge in [-0.3, -0.25) is 0 Å². The average Bonchev–Trinajstić information content (AvgIpc) is 2.30. The summed E-state index contributed by atoms with van der Waals surface area (Å²) in [5.41, 5.74) is 1.89. The number of nitriles is 2. The second-order valence-electron chi connectivity index (χ2n) is 4.46. The van der Waals surface area contributed by atoms with Crippen molar-refractivity contribution in [1.29, 1.82) is 10.5 Å². The molecular formula is C13H14ClN3. The van der Waals surface area contributed by atoms with Crippen LogP contribution in [0.25, 0.3) is 0 Å². The van der Waals surface area contributed by atoms with Gasteiger partial charge in [-0.05, 0) is 24.8 Å². The Labute approximate surface area is 106 Å². The Bertz CT molecular complexity index is 462. The molecule has 0 aromatic heterocycles. The standard InChI is InChI=1S/C13H14ClN3/c14-13-11(8-16)10(7-15)9-5-3-1-2-4-6-12(9)17-13/h12,17H,1-6H2/t12-/m1/s1. The summed E-state index contributed by atoms with van der Waals surface area (Å²) in [5, 5.41) is 21.8. The van der Waals surface area contributed by atoms with Gasteiger partial charge in [0.1, 0.15) is 22.9 Å². The van der Waals surface area contributed by atoms with Gasteiger partial charge in [0.15, 0.2) is 0 Å². The maximum absolute atomic E-state index is 9.23. The molecule has 0 aromatic rings. The molecule has 1 saturated carbocycles. The molecule has 0 radical (unpaired) electrons. The fraction of sp³-hybridized carbons (Fsp3) is 0.538. The smallest absolute Gasteiger partial charge is 0.122 e. The average molecular weight is 248 g/mol. The van der Waals surface area contributed by atoms with Crippen molar-refractivity contribution in [3.63, 3.8) is 0 Å². The number of hydrogen-bond acceptors (Lipinski definition) is 3. The largest absolute Gasteiger partial charge is 0.368 e. The molecule has 2 aliphatic rings. The second-order valence-corrected chi connectivity index (χ2v) is 4.84. The fourth-order valence-corrected chi connectivity index (χ4v) is 2.82. The van der Waals surface area contributed by atoms with E-state index in [1.165, 1.54) is 12.8 Å². The molecule has 1 aliphatic heterocycles. The number of nitrogens with zero attached hydrogens (tertiary/aromatic N) is 2. The number of rotatable bonds is 0. The van der Waals surface area contributed by atoms with Crippen LogP contribution in [0.2, 0.25) is 0 Å². The van der Waals surface area contributed by atoms with E-state index in [-0.39, 0.29) is 6.04 Å². The highest BCUT2D eigenvalue weighted by molar-refractivity contribution is 6.30. The van der Waals surface area contributed by atoms with Crippen molar-refractivity contribution in [1.82, 2.24) is 5.32 Å². The minimum Gasteiger partial charge on any atom is -0.368 e. The molecule has 88 valence electrons. The molecule has 17 heavy (non-hydrogen) atoms. The minimum atomic E-state index is 0.148. The van der Waals surface area contributed by atoms with Crippen molar-refractivity contribution >= 4 is 11.6 Å². The van der Waals surface area contributed by atoms with E-state index in [1.807, 2.05) is 6.07 Å². The lowest BCUT2D eigenvalue weighted by molar-refractivity contribution is 0.485. The van der Waals surface area contributed by atoms with Gasteiger partial charge in [0.25, 0.3) is 0 Å². The first-order valence-corrected chi connectivity index (χ1v) is 6.35. The highest BCUT2D eigenvalue weighted by Gasteiger charge is 2.28. The van der Waals surface area contributed by atoms with E-state index in [1.54, 1.807) is 0 Å². The third kappa shape index (κ3) is 2.30. The van der Waals surface area contributed by atoms with Crippen molar-refractivity contribution in [2.75, 3.05) is 0 Å². The molecule has 0 unspecified atom stereocenters. The maximum Gasteiger partial charge on any atom is 0.122 e. The molecule has 1 aliphatic carbocycles. The van der Waals surface area contributed by atoms with E-state index in [9.17, 15) is 5.26 Å². The molecule has 1 heterocycles. The van der Waals surface area contributed by atoms with Crippen LogP contribution in [-0.4, -0.2) is 6.04 Å². The Morgan fingerprint density at radius 1 is 1.06 bits per heavy atom. The summed E-state index contributed by atoms with van der Waals surface area (Å²) in [6.07, 6.45) is 6.57. The molecule has 0 spiro atoms. The fourth-order valence-electron chi connectivity index (χ4n) is 2.55. The lowest BCUT2D eigenvalue weighted by Crippen LogP contribution is -2.34. The van der Waals surface area contributed by atoms with Crippen LogP contribution in [0.1, 0.15) is 38.5 Å². The SMILES string of the molecule is N#CC1=C(Cl)N[C@@H]2CCCCCCC2=C1C#N. The first kappa shape index (κ1) is 12.0. The van der Waals surface area contributed by atoms with E-state index < -0.39 is 0 Å². The van der Waals surface area contributed by atoms with Crippen LogP contribution in [0, 0.1) is 22.7 Å². The number of nitrogens with one attached hydrogen (secondary N) is 1. The lowest BCUT2D eigenvalue weighted by atomic mass is 9.85. The zero-order valence-electron chi connectivity index (χ0n) is 9.59. The summed E-state index contributed by atoms with van der Waals surface area (Å²) in [4.78, 5) is 0. The van der Waals surface area contributed by atoms with E-state index in [0.29, 0.717) is 16.3 Å². The Balaban J connectivity index is 2.43. The summed E-state index contributed by atoms with van der Waals surface area (Å²) < 4.78 is 0. The zero-order chi connectivity index (χ0) is 12.3. The van der Waals surface area contributed by atoms with E-state index in [4.69, 9.17) is 16.9 Å². The van der Waals surface area contributed by atoms with E-state index >= 15 is 0 Å². The highest BCUT2D eigenvalue weighted by Crippen LogP contribution is 2.33. The first-order valence-electron chi connectivity index (χ1n) is 5.98. The Hall–Kier alpha value is -1.45. The van der Waals surface area contributed by atoms with Crippen LogP contribution >= 0.6 is 11.6 Å². The van der Waals surface area contributed by atoms with Gasteiger partial charge in [-0.15, -0.1) is 0 Å². The van der Waals surface area contributed by atoms with Crippen LogP contribution in [0.15, 0.2) is 21.9 Å². The maximum atomic E-state index is 9.23. The number of halogens is 1. The van der Waals surface area contributed by atoms with Gasteiger partial charge in [-0.1, -0.05) is 30.9 Å². The van der Waals surface area contributed by atoms with Gasteiger partial charge in [0.2, 0.25) is 0 Å². The molecular weight excluding hydrogens is 234 g/mol. The quantitative estimate of drug-likeness (QED) is 0.669. The summed E-state index contributed by atoms with van der Waals surface area (Å²) in [6, 6.07) is 4.33.